The van der Waals surface area contributed by atoms with Gasteiger partial charge in [-0.25, -0.2) is 9.53 Å². The van der Waals surface area contributed by atoms with Crippen LogP contribution < -0.4 is 0 Å². The van der Waals surface area contributed by atoms with Crippen LogP contribution >= 0.6 is 23.2 Å². The van der Waals surface area contributed by atoms with Crippen LogP contribution in [0.25, 0.3) is 10.5 Å². The van der Waals surface area contributed by atoms with Crippen molar-refractivity contribution in [2.75, 3.05) is 0 Å². The van der Waals surface area contributed by atoms with E-state index in [1.54, 1.807) is 11.6 Å². The number of para-hydroxylation sites is 1. The van der Waals surface area contributed by atoms with Crippen LogP contribution in [-0.4, -0.2) is 14.9 Å². The number of halogens is 2. The lowest BCUT2D eigenvalue weighted by Gasteiger charge is -2.04. The second kappa shape index (κ2) is 6.93. The van der Waals surface area contributed by atoms with E-state index in [1.807, 2.05) is 30.3 Å². The van der Waals surface area contributed by atoms with Crippen molar-refractivity contribution in [3.63, 3.8) is 0 Å². The number of azo groups is 1. The van der Waals surface area contributed by atoms with Crippen molar-refractivity contribution >= 4 is 40.4 Å². The minimum atomic E-state index is -0.214. The van der Waals surface area contributed by atoms with Gasteiger partial charge >= 0.3 is 0 Å². The second-order valence-corrected chi connectivity index (χ2v) is 5.89. The summed E-state index contributed by atoms with van der Waals surface area (Å²) in [5, 5.41) is 22.4. The number of phenolic OH excluding ortho intramolecular Hbond substituents is 1. The minimum Gasteiger partial charge on any atom is -0.505 e. The maximum atomic E-state index is 9.60. The van der Waals surface area contributed by atoms with E-state index in [4.69, 9.17) is 29.8 Å². The molecule has 3 rings (SSSR count). The molecule has 0 aliphatic carbocycles. The molecular weight excluding hydrogens is 361 g/mol. The molecule has 0 atom stereocenters. The number of aryl methyl sites for hydroxylation is 1. The highest BCUT2D eigenvalue weighted by Gasteiger charge is 2.16. The number of phenols is 1. The molecule has 0 saturated heterocycles. The molecule has 0 bridgehead atoms. The quantitative estimate of drug-likeness (QED) is 0.442. The van der Waals surface area contributed by atoms with Crippen molar-refractivity contribution in [2.45, 2.75) is 6.92 Å². The number of rotatable bonds is 3. The largest absolute Gasteiger partial charge is 0.505 e. The Hall–Kier alpha value is -2.88. The van der Waals surface area contributed by atoms with Crippen LogP contribution in [0.2, 0.25) is 10.0 Å². The Balaban J connectivity index is 2.10. The van der Waals surface area contributed by atoms with Gasteiger partial charge < -0.3 is 5.11 Å². The zero-order valence-corrected chi connectivity index (χ0v) is 14.5. The van der Waals surface area contributed by atoms with Crippen LogP contribution in [0.3, 0.4) is 0 Å². The molecule has 1 aromatic heterocycles. The summed E-state index contributed by atoms with van der Waals surface area (Å²) in [5.41, 5.74) is 1.97. The van der Waals surface area contributed by atoms with Crippen molar-refractivity contribution in [1.82, 2.24) is 9.78 Å². The highest BCUT2D eigenvalue weighted by molar-refractivity contribution is 6.37. The number of nitrogens with zero attached hydrogens (tertiary/aromatic N) is 5. The van der Waals surface area contributed by atoms with Gasteiger partial charge in [0.15, 0.2) is 11.6 Å². The first kappa shape index (κ1) is 17.0. The molecular formula is C17H11Cl2N5O. The van der Waals surface area contributed by atoms with Gasteiger partial charge in [-0.05, 0) is 31.2 Å². The first-order valence-corrected chi connectivity index (χ1v) is 7.89. The summed E-state index contributed by atoms with van der Waals surface area (Å²) in [6.07, 6.45) is 0. The Bertz CT molecular complexity index is 983. The van der Waals surface area contributed by atoms with Gasteiger partial charge in [-0.2, -0.15) is 10.2 Å². The van der Waals surface area contributed by atoms with Gasteiger partial charge in [0.2, 0.25) is 0 Å². The fraction of sp³-hybridized carbons (Fsp3) is 0.0588. The monoisotopic (exact) mass is 371 g/mol. The minimum absolute atomic E-state index is 0.0691. The lowest BCUT2D eigenvalue weighted by molar-refractivity contribution is 0.476. The summed E-state index contributed by atoms with van der Waals surface area (Å²) in [6, 6.07) is 12.2. The molecule has 0 radical (unpaired) electrons. The molecule has 2 aromatic carbocycles. The van der Waals surface area contributed by atoms with Gasteiger partial charge in [0.05, 0.1) is 33.7 Å². The van der Waals surface area contributed by atoms with Gasteiger partial charge in [0.1, 0.15) is 0 Å². The van der Waals surface area contributed by atoms with Crippen LogP contribution in [0.15, 0.2) is 52.7 Å². The molecule has 0 spiro atoms. The summed E-state index contributed by atoms with van der Waals surface area (Å²) in [6.45, 7) is 9.11. The Morgan fingerprint density at radius 2 is 1.76 bits per heavy atom. The highest BCUT2D eigenvalue weighted by atomic mass is 35.5. The van der Waals surface area contributed by atoms with Gasteiger partial charge in [-0.15, -0.1) is 5.11 Å². The maximum absolute atomic E-state index is 9.60. The molecule has 0 aliphatic heterocycles. The topological polar surface area (TPSA) is 67.1 Å². The average Bonchev–Trinajstić information content (AvgIpc) is 2.94. The number of hydrogen-bond donors (Lipinski definition) is 1. The molecule has 124 valence electrons. The number of hydrogen-bond acceptors (Lipinski definition) is 4. The standard InChI is InChI=1S/C17H11Cl2N5O/c1-10-15(20-2)17(24(23-10)12-6-4-3-5-7-12)22-21-11-8-13(18)16(25)14(19)9-11/h3-9,25H,1H3. The Morgan fingerprint density at radius 1 is 1.12 bits per heavy atom. The third kappa shape index (κ3) is 3.33. The van der Waals surface area contributed by atoms with Gasteiger partial charge in [-0.3, -0.25) is 0 Å². The molecule has 0 fully saturated rings. The van der Waals surface area contributed by atoms with Gasteiger partial charge in [0.25, 0.3) is 5.69 Å². The SMILES string of the molecule is [C-]#[N+]c1c(C)nn(-c2ccccc2)c1N=Nc1cc(Cl)c(O)c(Cl)c1. The Labute approximate surface area is 153 Å². The van der Waals surface area contributed by atoms with Crippen molar-refractivity contribution in [3.05, 3.63) is 69.6 Å². The van der Waals surface area contributed by atoms with Crippen LogP contribution in [0.1, 0.15) is 5.69 Å². The zero-order valence-electron chi connectivity index (χ0n) is 13.0. The number of aromatic hydroxyl groups is 1. The molecule has 0 unspecified atom stereocenters. The fourth-order valence-electron chi connectivity index (χ4n) is 2.19. The van der Waals surface area contributed by atoms with E-state index in [0.29, 0.717) is 22.9 Å². The second-order valence-electron chi connectivity index (χ2n) is 5.07. The summed E-state index contributed by atoms with van der Waals surface area (Å²) >= 11 is 11.8. The van der Waals surface area contributed by atoms with Crippen LogP contribution in [0.5, 0.6) is 5.75 Å². The van der Waals surface area contributed by atoms with E-state index in [1.165, 1.54) is 12.1 Å². The predicted octanol–water partition coefficient (Wildman–Crippen LogP) is 6.16. The first-order chi connectivity index (χ1) is 12.0. The third-order valence-electron chi connectivity index (χ3n) is 3.38. The number of benzene rings is 2. The summed E-state index contributed by atoms with van der Waals surface area (Å²) in [4.78, 5) is 3.50. The molecule has 3 aromatic rings. The van der Waals surface area contributed by atoms with Crippen LogP contribution in [-0.2, 0) is 0 Å². The fourth-order valence-corrected chi connectivity index (χ4v) is 2.67. The van der Waals surface area contributed by atoms with E-state index >= 15 is 0 Å². The summed E-state index contributed by atoms with van der Waals surface area (Å²) in [5.74, 6) is 0.0910. The molecule has 8 heteroatoms. The molecule has 25 heavy (non-hydrogen) atoms. The van der Waals surface area contributed by atoms with Gasteiger partial charge in [-0.1, -0.05) is 41.4 Å². The van der Waals surface area contributed by atoms with Crippen molar-refractivity contribution in [1.29, 1.82) is 0 Å². The van der Waals surface area contributed by atoms with E-state index in [2.05, 4.69) is 20.2 Å². The first-order valence-electron chi connectivity index (χ1n) is 7.13. The van der Waals surface area contributed by atoms with Crippen molar-refractivity contribution in [3.8, 4) is 11.4 Å². The lowest BCUT2D eigenvalue weighted by Crippen LogP contribution is -1.95. The molecule has 0 saturated carbocycles. The normalized spacial score (nSPS) is 11.0. The zero-order chi connectivity index (χ0) is 18.0. The van der Waals surface area contributed by atoms with Gasteiger partial charge in [0, 0.05) is 0 Å². The van der Waals surface area contributed by atoms with Crippen LogP contribution in [0, 0.1) is 13.5 Å². The molecule has 6 nitrogen and oxygen atoms in total. The van der Waals surface area contributed by atoms with Crippen molar-refractivity contribution in [2.24, 2.45) is 10.2 Å². The highest BCUT2D eigenvalue weighted by Crippen LogP contribution is 2.38. The van der Waals surface area contributed by atoms with E-state index in [-0.39, 0.29) is 15.8 Å². The predicted molar refractivity (Wildman–Crippen MR) is 96.9 cm³/mol. The maximum Gasteiger partial charge on any atom is 0.255 e. The Morgan fingerprint density at radius 3 is 2.36 bits per heavy atom. The molecule has 1 heterocycles. The van der Waals surface area contributed by atoms with E-state index in [9.17, 15) is 5.11 Å². The molecule has 1 N–H and O–H groups in total. The van der Waals surface area contributed by atoms with Crippen molar-refractivity contribution < 1.29 is 5.11 Å². The van der Waals surface area contributed by atoms with Crippen LogP contribution in [0.4, 0.5) is 17.2 Å². The average molecular weight is 372 g/mol. The number of aromatic nitrogens is 2. The smallest absolute Gasteiger partial charge is 0.255 e. The van der Waals surface area contributed by atoms with E-state index in [0.717, 1.165) is 5.69 Å². The third-order valence-corrected chi connectivity index (χ3v) is 3.96. The molecule has 0 aliphatic rings. The summed E-state index contributed by atoms with van der Waals surface area (Å²) < 4.78 is 1.55. The lowest BCUT2D eigenvalue weighted by atomic mass is 10.3. The van der Waals surface area contributed by atoms with E-state index < -0.39 is 0 Å². The summed E-state index contributed by atoms with van der Waals surface area (Å²) in [7, 11) is 0. The molecule has 0 amide bonds. The Kier molecular flexibility index (Phi) is 4.70.